The molecule has 1 saturated carbocycles. The summed E-state index contributed by atoms with van der Waals surface area (Å²) in [6.45, 7) is 0.915. The van der Waals surface area contributed by atoms with Gasteiger partial charge in [0.15, 0.2) is 0 Å². The van der Waals surface area contributed by atoms with E-state index in [2.05, 4.69) is 5.32 Å². The first-order chi connectivity index (χ1) is 15.1. The second-order valence-corrected chi connectivity index (χ2v) is 8.32. The van der Waals surface area contributed by atoms with E-state index in [0.29, 0.717) is 30.2 Å². The highest BCUT2D eigenvalue weighted by Gasteiger charge is 2.54. The summed E-state index contributed by atoms with van der Waals surface area (Å²) in [5, 5.41) is 3.10. The van der Waals surface area contributed by atoms with Crippen molar-refractivity contribution in [2.75, 3.05) is 32.7 Å². The van der Waals surface area contributed by atoms with Crippen LogP contribution in [0.1, 0.15) is 53.9 Å². The molecular weight excluding hydrogens is 392 g/mol. The molecule has 1 aliphatic carbocycles. The Balaban J connectivity index is 1.80. The average Bonchev–Trinajstić information content (AvgIpc) is 2.80. The summed E-state index contributed by atoms with van der Waals surface area (Å²) in [5.41, 5.74) is 1.51. The van der Waals surface area contributed by atoms with Gasteiger partial charge < -0.3 is 19.7 Å². The molecule has 0 aromatic heterocycles. The van der Waals surface area contributed by atoms with Gasteiger partial charge in [-0.2, -0.15) is 0 Å². The number of anilines is 1. The number of rotatable bonds is 6. The molecule has 6 nitrogen and oxygen atoms in total. The third-order valence-corrected chi connectivity index (χ3v) is 6.69. The van der Waals surface area contributed by atoms with Crippen LogP contribution in [0.25, 0.3) is 0 Å². The Hall–Kier alpha value is -2.86. The lowest BCUT2D eigenvalue weighted by Gasteiger charge is -2.53. The molecule has 1 aliphatic heterocycles. The van der Waals surface area contributed by atoms with Crippen molar-refractivity contribution in [1.82, 2.24) is 4.90 Å². The summed E-state index contributed by atoms with van der Waals surface area (Å²) in [6.07, 6.45) is 4.73. The van der Waals surface area contributed by atoms with Crippen LogP contribution in [-0.4, -0.2) is 49.6 Å². The fraction of sp³-hybridized carbons (Fsp3) is 0.440. The van der Waals surface area contributed by atoms with Gasteiger partial charge in [0.25, 0.3) is 5.91 Å². The Morgan fingerprint density at radius 1 is 1.06 bits per heavy atom. The third kappa shape index (κ3) is 3.81. The first-order valence-corrected chi connectivity index (χ1v) is 11.0. The van der Waals surface area contributed by atoms with Crippen molar-refractivity contribution in [3.8, 4) is 5.75 Å². The molecule has 2 aromatic rings. The number of hydrogen-bond donors (Lipinski definition) is 1. The predicted octanol–water partition coefficient (Wildman–Crippen LogP) is 4.22. The van der Waals surface area contributed by atoms with Gasteiger partial charge in [0, 0.05) is 19.2 Å². The van der Waals surface area contributed by atoms with Gasteiger partial charge in [0.05, 0.1) is 30.9 Å². The second-order valence-electron chi connectivity index (χ2n) is 8.32. The fourth-order valence-electron chi connectivity index (χ4n) is 5.30. The Morgan fingerprint density at radius 2 is 1.77 bits per heavy atom. The molecule has 2 aliphatic rings. The average molecular weight is 423 g/mol. The molecule has 1 atom stereocenters. The minimum atomic E-state index is -0.547. The van der Waals surface area contributed by atoms with Crippen LogP contribution >= 0.6 is 0 Å². The SMILES string of the molecule is COCCN1C(=O)c2ccccc2[C@@H](C(=O)Nc2ccccc2OC)C12CCCCC2. The van der Waals surface area contributed by atoms with E-state index in [4.69, 9.17) is 9.47 Å². The van der Waals surface area contributed by atoms with Crippen LogP contribution in [0.5, 0.6) is 5.75 Å². The van der Waals surface area contributed by atoms with Crippen molar-refractivity contribution < 1.29 is 19.1 Å². The van der Waals surface area contributed by atoms with E-state index in [1.165, 1.54) is 0 Å². The summed E-state index contributed by atoms with van der Waals surface area (Å²) >= 11 is 0. The summed E-state index contributed by atoms with van der Waals surface area (Å²) in [6, 6.07) is 15.0. The zero-order chi connectivity index (χ0) is 21.8. The molecule has 31 heavy (non-hydrogen) atoms. The highest BCUT2D eigenvalue weighted by atomic mass is 16.5. The number of carbonyl (C=O) groups excluding carboxylic acids is 2. The zero-order valence-corrected chi connectivity index (χ0v) is 18.2. The number of carbonyl (C=O) groups is 2. The molecule has 1 N–H and O–H groups in total. The van der Waals surface area contributed by atoms with E-state index in [9.17, 15) is 9.59 Å². The van der Waals surface area contributed by atoms with Gasteiger partial charge >= 0.3 is 0 Å². The van der Waals surface area contributed by atoms with E-state index in [-0.39, 0.29) is 11.8 Å². The Bertz CT molecular complexity index is 952. The number of fused-ring (bicyclic) bond motifs is 1. The summed E-state index contributed by atoms with van der Waals surface area (Å²) in [4.78, 5) is 29.3. The molecule has 4 rings (SSSR count). The third-order valence-electron chi connectivity index (χ3n) is 6.69. The van der Waals surface area contributed by atoms with Crippen LogP contribution in [0.3, 0.4) is 0 Å². The van der Waals surface area contributed by atoms with Crippen LogP contribution in [0.2, 0.25) is 0 Å². The molecule has 6 heteroatoms. The highest BCUT2D eigenvalue weighted by Crippen LogP contribution is 2.49. The maximum Gasteiger partial charge on any atom is 0.254 e. The van der Waals surface area contributed by atoms with Gasteiger partial charge in [0.1, 0.15) is 5.75 Å². The standard InChI is InChI=1S/C25H30N2O4/c1-30-17-16-27-24(29)19-11-5-4-10-18(19)22(25(27)14-8-3-9-15-25)23(28)26-20-12-6-7-13-21(20)31-2/h4-7,10-13,22H,3,8-9,14-17H2,1-2H3,(H,26,28)/t22-/m0/s1. The smallest absolute Gasteiger partial charge is 0.254 e. The summed E-state index contributed by atoms with van der Waals surface area (Å²) < 4.78 is 10.8. The first kappa shape index (κ1) is 21.4. The molecule has 0 radical (unpaired) electrons. The van der Waals surface area contributed by atoms with E-state index in [1.807, 2.05) is 53.4 Å². The number of benzene rings is 2. The lowest BCUT2D eigenvalue weighted by molar-refractivity contribution is -0.122. The minimum absolute atomic E-state index is 0.00380. The molecule has 0 saturated heterocycles. The van der Waals surface area contributed by atoms with Crippen molar-refractivity contribution in [3.05, 3.63) is 59.7 Å². The van der Waals surface area contributed by atoms with Gasteiger partial charge in [-0.1, -0.05) is 49.6 Å². The number of nitrogens with zero attached hydrogens (tertiary/aromatic N) is 1. The Morgan fingerprint density at radius 3 is 2.52 bits per heavy atom. The number of hydrogen-bond acceptors (Lipinski definition) is 4. The van der Waals surface area contributed by atoms with Crippen molar-refractivity contribution >= 4 is 17.5 Å². The number of ether oxygens (including phenoxy) is 2. The predicted molar refractivity (Wildman–Crippen MR) is 120 cm³/mol. The van der Waals surface area contributed by atoms with Crippen LogP contribution in [0.15, 0.2) is 48.5 Å². The monoisotopic (exact) mass is 422 g/mol. The molecule has 1 heterocycles. The zero-order valence-electron chi connectivity index (χ0n) is 18.2. The number of para-hydroxylation sites is 2. The van der Waals surface area contributed by atoms with Crippen LogP contribution in [-0.2, 0) is 9.53 Å². The van der Waals surface area contributed by atoms with Gasteiger partial charge in [-0.05, 0) is 36.6 Å². The van der Waals surface area contributed by atoms with Crippen LogP contribution in [0.4, 0.5) is 5.69 Å². The number of nitrogens with one attached hydrogen (secondary N) is 1. The summed E-state index contributed by atoms with van der Waals surface area (Å²) in [5.74, 6) is 0.0538. The normalized spacial score (nSPS) is 19.7. The molecule has 2 aromatic carbocycles. The van der Waals surface area contributed by atoms with Crippen molar-refractivity contribution in [2.45, 2.75) is 43.6 Å². The minimum Gasteiger partial charge on any atom is -0.495 e. The molecule has 164 valence electrons. The molecule has 1 spiro atoms. The van der Waals surface area contributed by atoms with Crippen molar-refractivity contribution in [2.24, 2.45) is 0 Å². The van der Waals surface area contributed by atoms with Crippen LogP contribution < -0.4 is 10.1 Å². The topological polar surface area (TPSA) is 67.9 Å². The van der Waals surface area contributed by atoms with Gasteiger partial charge in [-0.25, -0.2) is 0 Å². The Labute approximate surface area is 183 Å². The lowest BCUT2D eigenvalue weighted by atomic mass is 9.65. The number of methoxy groups -OCH3 is 2. The maximum atomic E-state index is 13.9. The van der Waals surface area contributed by atoms with E-state index < -0.39 is 11.5 Å². The highest BCUT2D eigenvalue weighted by molar-refractivity contribution is 6.05. The van der Waals surface area contributed by atoms with Gasteiger partial charge in [-0.3, -0.25) is 9.59 Å². The quantitative estimate of drug-likeness (QED) is 0.757. The largest absolute Gasteiger partial charge is 0.495 e. The van der Waals surface area contributed by atoms with Crippen molar-refractivity contribution in [1.29, 1.82) is 0 Å². The lowest BCUT2D eigenvalue weighted by Crippen LogP contribution is -2.62. The molecule has 0 bridgehead atoms. The van der Waals surface area contributed by atoms with E-state index >= 15 is 0 Å². The molecule has 0 unspecified atom stereocenters. The van der Waals surface area contributed by atoms with Gasteiger partial charge in [-0.15, -0.1) is 0 Å². The Kier molecular flexibility index (Phi) is 6.28. The molecule has 1 fully saturated rings. The molecular formula is C25H30N2O4. The fourth-order valence-corrected chi connectivity index (χ4v) is 5.30. The van der Waals surface area contributed by atoms with E-state index in [1.54, 1.807) is 14.2 Å². The van der Waals surface area contributed by atoms with Crippen molar-refractivity contribution in [3.63, 3.8) is 0 Å². The van der Waals surface area contributed by atoms with Crippen LogP contribution in [0, 0.1) is 0 Å². The van der Waals surface area contributed by atoms with Gasteiger partial charge in [0.2, 0.25) is 5.91 Å². The maximum absolute atomic E-state index is 13.9. The van der Waals surface area contributed by atoms with E-state index in [0.717, 1.165) is 37.7 Å². The second kappa shape index (κ2) is 9.10. The number of amides is 2. The first-order valence-electron chi connectivity index (χ1n) is 11.0. The molecule has 2 amide bonds. The summed E-state index contributed by atoms with van der Waals surface area (Å²) in [7, 11) is 3.23.